The van der Waals surface area contributed by atoms with Crippen molar-refractivity contribution in [2.45, 2.75) is 6.54 Å². The highest BCUT2D eigenvalue weighted by molar-refractivity contribution is 5.95. The van der Waals surface area contributed by atoms with Crippen LogP contribution in [0.3, 0.4) is 0 Å². The molecule has 0 bridgehead atoms. The lowest BCUT2D eigenvalue weighted by Gasteiger charge is -2.05. The van der Waals surface area contributed by atoms with E-state index in [1.807, 2.05) is 18.3 Å². The lowest BCUT2D eigenvalue weighted by molar-refractivity contribution is 0.837. The van der Waals surface area contributed by atoms with Crippen molar-refractivity contribution in [3.8, 4) is 11.3 Å². The minimum atomic E-state index is 0.869. The molecule has 4 aromatic rings. The molecule has 4 rings (SSSR count). The molecule has 2 aromatic carbocycles. The zero-order chi connectivity index (χ0) is 14.8. The Morgan fingerprint density at radius 1 is 0.773 bits per heavy atom. The van der Waals surface area contributed by atoms with Crippen molar-refractivity contribution in [3.63, 3.8) is 0 Å². The summed E-state index contributed by atoms with van der Waals surface area (Å²) in [6, 6.07) is 25.1. The summed E-state index contributed by atoms with van der Waals surface area (Å²) in [7, 11) is 0. The van der Waals surface area contributed by atoms with Gasteiger partial charge in [-0.3, -0.25) is 4.98 Å². The van der Waals surface area contributed by atoms with Gasteiger partial charge < -0.3 is 4.57 Å². The summed E-state index contributed by atoms with van der Waals surface area (Å²) in [4.78, 5) is 4.51. The molecule has 0 aliphatic heterocycles. The van der Waals surface area contributed by atoms with Gasteiger partial charge in [-0.1, -0.05) is 54.6 Å². The van der Waals surface area contributed by atoms with E-state index in [0.717, 1.165) is 12.2 Å². The van der Waals surface area contributed by atoms with E-state index in [2.05, 4.69) is 76.4 Å². The van der Waals surface area contributed by atoms with Crippen LogP contribution >= 0.6 is 0 Å². The number of hydrogen-bond acceptors (Lipinski definition) is 1. The maximum absolute atomic E-state index is 4.51. The topological polar surface area (TPSA) is 17.8 Å². The number of benzene rings is 2. The summed E-state index contributed by atoms with van der Waals surface area (Å²) < 4.78 is 2.30. The van der Waals surface area contributed by atoms with Gasteiger partial charge in [-0.2, -0.15) is 0 Å². The first-order chi connectivity index (χ1) is 10.9. The maximum atomic E-state index is 4.51. The van der Waals surface area contributed by atoms with E-state index in [9.17, 15) is 0 Å². The predicted octanol–water partition coefficient (Wildman–Crippen LogP) is 4.75. The van der Waals surface area contributed by atoms with Crippen LogP contribution in [-0.2, 0) is 6.54 Å². The van der Waals surface area contributed by atoms with Gasteiger partial charge >= 0.3 is 0 Å². The molecule has 2 nitrogen and oxygen atoms in total. The first-order valence-electron chi connectivity index (χ1n) is 7.45. The van der Waals surface area contributed by atoms with Gasteiger partial charge in [0, 0.05) is 35.4 Å². The molecule has 0 fully saturated rings. The Kier molecular flexibility index (Phi) is 3.20. The maximum Gasteiger partial charge on any atom is 0.0723 e. The zero-order valence-electron chi connectivity index (χ0n) is 12.2. The van der Waals surface area contributed by atoms with Crippen LogP contribution < -0.4 is 0 Å². The molecule has 0 atom stereocenters. The van der Waals surface area contributed by atoms with Crippen LogP contribution in [-0.4, -0.2) is 9.55 Å². The van der Waals surface area contributed by atoms with Gasteiger partial charge in [0.25, 0.3) is 0 Å². The minimum Gasteiger partial charge on any atom is -0.342 e. The molecule has 0 saturated heterocycles. The van der Waals surface area contributed by atoms with E-state index in [0.29, 0.717) is 0 Å². The Labute approximate surface area is 129 Å². The van der Waals surface area contributed by atoms with E-state index in [4.69, 9.17) is 0 Å². The van der Waals surface area contributed by atoms with E-state index < -0.39 is 0 Å². The minimum absolute atomic E-state index is 0.869. The molecule has 0 amide bonds. The quantitative estimate of drug-likeness (QED) is 0.531. The molecule has 0 aliphatic rings. The van der Waals surface area contributed by atoms with Crippen LogP contribution in [0.2, 0.25) is 0 Å². The molecule has 2 heterocycles. The molecule has 0 N–H and O–H groups in total. The highest BCUT2D eigenvalue weighted by atomic mass is 15.0. The van der Waals surface area contributed by atoms with Crippen molar-refractivity contribution >= 4 is 10.9 Å². The third-order valence-corrected chi connectivity index (χ3v) is 3.93. The summed E-state index contributed by atoms with van der Waals surface area (Å²) in [6.07, 6.45) is 4.05. The molecule has 2 heteroatoms. The van der Waals surface area contributed by atoms with E-state index in [-0.39, 0.29) is 0 Å². The Balaban J connectivity index is 1.86. The molecule has 0 saturated carbocycles. The van der Waals surface area contributed by atoms with Gasteiger partial charge in [0.15, 0.2) is 0 Å². The van der Waals surface area contributed by atoms with Crippen molar-refractivity contribution in [3.05, 3.63) is 90.8 Å². The number of para-hydroxylation sites is 1. The first kappa shape index (κ1) is 12.8. The van der Waals surface area contributed by atoms with E-state index >= 15 is 0 Å². The second kappa shape index (κ2) is 5.49. The number of hydrogen-bond donors (Lipinski definition) is 0. The fourth-order valence-corrected chi connectivity index (χ4v) is 2.88. The molecule has 2 aromatic heterocycles. The molecule has 0 spiro atoms. The summed E-state index contributed by atoms with van der Waals surface area (Å²) in [6.45, 7) is 0.869. The second-order valence-electron chi connectivity index (χ2n) is 5.39. The van der Waals surface area contributed by atoms with Gasteiger partial charge in [-0.15, -0.1) is 0 Å². The Morgan fingerprint density at radius 2 is 1.55 bits per heavy atom. The monoisotopic (exact) mass is 284 g/mol. The summed E-state index contributed by atoms with van der Waals surface area (Å²) in [5.41, 5.74) is 4.75. The molecule has 0 aliphatic carbocycles. The van der Waals surface area contributed by atoms with Crippen molar-refractivity contribution in [1.82, 2.24) is 9.55 Å². The fourth-order valence-electron chi connectivity index (χ4n) is 2.88. The molecule has 22 heavy (non-hydrogen) atoms. The van der Waals surface area contributed by atoms with Gasteiger partial charge in [-0.25, -0.2) is 0 Å². The van der Waals surface area contributed by atoms with Crippen molar-refractivity contribution in [2.75, 3.05) is 0 Å². The average molecular weight is 284 g/mol. The lowest BCUT2D eigenvalue weighted by atomic mass is 10.1. The number of aromatic nitrogens is 2. The number of fused-ring (bicyclic) bond motifs is 1. The Hall–Kier alpha value is -2.87. The van der Waals surface area contributed by atoms with Crippen LogP contribution in [0.25, 0.3) is 22.2 Å². The summed E-state index contributed by atoms with van der Waals surface area (Å²) in [5.74, 6) is 0. The zero-order valence-corrected chi connectivity index (χ0v) is 12.2. The summed E-state index contributed by atoms with van der Waals surface area (Å²) in [5, 5.41) is 1.25. The number of pyridine rings is 1. The SMILES string of the molecule is c1ccc(Cn2cc(-c3ccccn3)c3ccccc32)cc1. The van der Waals surface area contributed by atoms with Gasteiger partial charge in [0.1, 0.15) is 0 Å². The van der Waals surface area contributed by atoms with Crippen LogP contribution in [0, 0.1) is 0 Å². The average Bonchev–Trinajstić information content (AvgIpc) is 2.96. The normalized spacial score (nSPS) is 10.9. The van der Waals surface area contributed by atoms with E-state index in [1.165, 1.54) is 22.0 Å². The highest BCUT2D eigenvalue weighted by Gasteiger charge is 2.10. The Bertz CT molecular complexity index is 893. The van der Waals surface area contributed by atoms with Gasteiger partial charge in [-0.05, 0) is 23.8 Å². The molecular formula is C20H16N2. The van der Waals surface area contributed by atoms with Gasteiger partial charge in [0.2, 0.25) is 0 Å². The van der Waals surface area contributed by atoms with Crippen LogP contribution in [0.15, 0.2) is 85.2 Å². The van der Waals surface area contributed by atoms with Crippen molar-refractivity contribution in [1.29, 1.82) is 0 Å². The lowest BCUT2D eigenvalue weighted by Crippen LogP contribution is -1.97. The standard InChI is InChI=1S/C20H16N2/c1-2-8-16(9-3-1)14-22-15-18(19-11-6-7-13-21-19)17-10-4-5-12-20(17)22/h1-13,15H,14H2. The summed E-state index contributed by atoms with van der Waals surface area (Å²) >= 11 is 0. The first-order valence-corrected chi connectivity index (χ1v) is 7.45. The van der Waals surface area contributed by atoms with Crippen LogP contribution in [0.5, 0.6) is 0 Å². The number of rotatable bonds is 3. The smallest absolute Gasteiger partial charge is 0.0723 e. The van der Waals surface area contributed by atoms with Crippen LogP contribution in [0.1, 0.15) is 5.56 Å². The highest BCUT2D eigenvalue weighted by Crippen LogP contribution is 2.29. The molecule has 0 radical (unpaired) electrons. The predicted molar refractivity (Wildman–Crippen MR) is 90.7 cm³/mol. The molecule has 0 unspecified atom stereocenters. The third kappa shape index (κ3) is 2.29. The molecule has 106 valence electrons. The van der Waals surface area contributed by atoms with Crippen molar-refractivity contribution in [2.24, 2.45) is 0 Å². The largest absolute Gasteiger partial charge is 0.342 e. The Morgan fingerprint density at radius 3 is 2.36 bits per heavy atom. The number of nitrogens with zero attached hydrogens (tertiary/aromatic N) is 2. The van der Waals surface area contributed by atoms with Crippen LogP contribution in [0.4, 0.5) is 0 Å². The fraction of sp³-hybridized carbons (Fsp3) is 0.0500. The second-order valence-corrected chi connectivity index (χ2v) is 5.39. The van der Waals surface area contributed by atoms with E-state index in [1.54, 1.807) is 0 Å². The van der Waals surface area contributed by atoms with Crippen molar-refractivity contribution < 1.29 is 0 Å². The third-order valence-electron chi connectivity index (χ3n) is 3.93. The van der Waals surface area contributed by atoms with Gasteiger partial charge in [0.05, 0.1) is 5.69 Å². The molecular weight excluding hydrogens is 268 g/mol.